The fourth-order valence-corrected chi connectivity index (χ4v) is 7.65. The van der Waals surface area contributed by atoms with E-state index < -0.39 is 39.7 Å². The summed E-state index contributed by atoms with van der Waals surface area (Å²) < 4.78 is 36.9. The van der Waals surface area contributed by atoms with E-state index in [-0.39, 0.29) is 49.0 Å². The average Bonchev–Trinajstić information content (AvgIpc) is 3.33. The molecule has 0 bridgehead atoms. The molecule has 1 aromatic heterocycles. The molecule has 13 heteroatoms. The first-order valence-corrected chi connectivity index (χ1v) is 18.3. The van der Waals surface area contributed by atoms with Gasteiger partial charge in [-0.05, 0) is 63.0 Å². The number of aromatic nitrogens is 2. The Labute approximate surface area is 278 Å². The zero-order valence-electron chi connectivity index (χ0n) is 28.4. The summed E-state index contributed by atoms with van der Waals surface area (Å²) in [5, 5.41) is 0. The maximum Gasteiger partial charge on any atom is 0.303 e. The number of allylic oxidation sites excluding steroid dienone is 2. The van der Waals surface area contributed by atoms with E-state index in [0.717, 1.165) is 46.6 Å². The maximum atomic E-state index is 14.2. The highest BCUT2D eigenvalue weighted by Crippen LogP contribution is 2.57. The second kappa shape index (κ2) is 13.7. The number of nitrogens with two attached hydrogens (primary N) is 1. The second-order valence-electron chi connectivity index (χ2n) is 14.2. The third-order valence-corrected chi connectivity index (χ3v) is 11.3. The largest absolute Gasteiger partial charge is 0.459 e. The SMILES string of the molecule is CC(C)c1cccc2nc(O[C@@H]3C[C@H]4C(=O)C[C@]5(C(=O)NS(=O)(=O)N(C)C)C[C@H]5/C=C\CCCCC[C@H](N)C(=O)N4C3)n(C(C)C)c12. The highest BCUT2D eigenvalue weighted by atomic mass is 32.2. The topological polar surface area (TPSA) is 157 Å². The van der Waals surface area contributed by atoms with Gasteiger partial charge in [-0.3, -0.25) is 19.0 Å². The Kier molecular flexibility index (Phi) is 10.2. The van der Waals surface area contributed by atoms with E-state index in [1.54, 1.807) is 0 Å². The van der Waals surface area contributed by atoms with Crippen molar-refractivity contribution >= 4 is 38.8 Å². The molecule has 47 heavy (non-hydrogen) atoms. The van der Waals surface area contributed by atoms with Crippen molar-refractivity contribution in [2.45, 2.75) is 109 Å². The number of amides is 2. The predicted octanol–water partition coefficient (Wildman–Crippen LogP) is 3.82. The van der Waals surface area contributed by atoms with E-state index in [1.165, 1.54) is 19.0 Å². The number of Topliss-reactive ketones (excluding diaryl/α,β-unsaturated/α-hetero) is 1. The molecule has 5 rings (SSSR count). The predicted molar refractivity (Wildman–Crippen MR) is 180 cm³/mol. The smallest absolute Gasteiger partial charge is 0.303 e. The number of hydrogen-bond donors (Lipinski definition) is 2. The zero-order valence-corrected chi connectivity index (χ0v) is 29.3. The summed E-state index contributed by atoms with van der Waals surface area (Å²) >= 11 is 0. The molecule has 3 aliphatic rings. The van der Waals surface area contributed by atoms with Crippen LogP contribution in [0.15, 0.2) is 30.4 Å². The minimum atomic E-state index is -4.06. The number of benzene rings is 1. The quantitative estimate of drug-likeness (QED) is 0.421. The summed E-state index contributed by atoms with van der Waals surface area (Å²) in [4.78, 5) is 47.9. The van der Waals surface area contributed by atoms with Crippen LogP contribution in [0.4, 0.5) is 0 Å². The number of imidazole rings is 1. The van der Waals surface area contributed by atoms with Crippen LogP contribution in [0, 0.1) is 11.3 Å². The number of ether oxygens (including phenoxy) is 1. The van der Waals surface area contributed by atoms with E-state index in [0.29, 0.717) is 18.9 Å². The van der Waals surface area contributed by atoms with Crippen molar-refractivity contribution in [2.75, 3.05) is 20.6 Å². The first-order chi connectivity index (χ1) is 22.2. The standard InChI is InChI=1S/C34H50N6O6S/c1-21(2)25-14-12-16-27-30(25)40(22(3)4)33(36-27)46-24-17-28-29(41)19-34(32(43)37-47(44,45)38(5)6)18-23(34)13-10-8-7-9-11-15-26(35)31(42)39(28)20-24/h10,12-14,16,21-24,26,28H,7-9,11,15,17-20,35H2,1-6H3,(H,37,43)/b13-10-/t23-,24-,26+,28+,34-/m1/s1. The van der Waals surface area contributed by atoms with Crippen molar-refractivity contribution in [3.05, 3.63) is 35.9 Å². The van der Waals surface area contributed by atoms with Crippen LogP contribution in [0.1, 0.15) is 96.6 Å². The highest BCUT2D eigenvalue weighted by molar-refractivity contribution is 7.87. The number of para-hydroxylation sites is 1. The molecule has 5 atom stereocenters. The Morgan fingerprint density at radius 1 is 1.15 bits per heavy atom. The number of carbonyl (C=O) groups is 3. The zero-order chi connectivity index (χ0) is 34.3. The molecule has 12 nitrogen and oxygen atoms in total. The minimum Gasteiger partial charge on any atom is -0.459 e. The number of rotatable bonds is 7. The Morgan fingerprint density at radius 3 is 2.57 bits per heavy atom. The van der Waals surface area contributed by atoms with Gasteiger partial charge in [-0.25, -0.2) is 4.72 Å². The lowest BCUT2D eigenvalue weighted by Crippen LogP contribution is -2.50. The monoisotopic (exact) mass is 670 g/mol. The van der Waals surface area contributed by atoms with E-state index in [1.807, 2.05) is 24.3 Å². The summed E-state index contributed by atoms with van der Waals surface area (Å²) in [5.74, 6) is -1.34. The van der Waals surface area contributed by atoms with Crippen LogP contribution in [0.2, 0.25) is 0 Å². The third-order valence-electron chi connectivity index (χ3n) is 9.89. The Bertz CT molecular complexity index is 1650. The van der Waals surface area contributed by atoms with Gasteiger partial charge < -0.3 is 15.4 Å². The molecule has 1 aliphatic carbocycles. The lowest BCUT2D eigenvalue weighted by atomic mass is 9.91. The molecule has 3 N–H and O–H groups in total. The first kappa shape index (κ1) is 35.0. The average molecular weight is 671 g/mol. The molecule has 0 radical (unpaired) electrons. The van der Waals surface area contributed by atoms with Gasteiger partial charge in [-0.1, -0.05) is 51.0 Å². The van der Waals surface area contributed by atoms with Gasteiger partial charge in [0, 0.05) is 33.0 Å². The minimum absolute atomic E-state index is 0.0371. The molecule has 0 unspecified atom stereocenters. The van der Waals surface area contributed by atoms with Crippen LogP contribution in [0.3, 0.4) is 0 Å². The molecule has 3 heterocycles. The van der Waals surface area contributed by atoms with Crippen LogP contribution < -0.4 is 15.2 Å². The van der Waals surface area contributed by atoms with Crippen LogP contribution in [0.25, 0.3) is 11.0 Å². The van der Waals surface area contributed by atoms with Crippen LogP contribution >= 0.6 is 0 Å². The van der Waals surface area contributed by atoms with E-state index >= 15 is 0 Å². The number of nitrogens with zero attached hydrogens (tertiary/aromatic N) is 4. The normalized spacial score (nSPS) is 28.3. The Balaban J connectivity index is 1.46. The Hall–Kier alpha value is -3.29. The number of ketones is 1. The van der Waals surface area contributed by atoms with E-state index in [2.05, 4.69) is 43.1 Å². The van der Waals surface area contributed by atoms with Crippen molar-refractivity contribution in [2.24, 2.45) is 17.1 Å². The van der Waals surface area contributed by atoms with Crippen LogP contribution in [-0.4, -0.2) is 83.6 Å². The molecular formula is C34H50N6O6S. The van der Waals surface area contributed by atoms with Gasteiger partial charge in [0.05, 0.1) is 35.1 Å². The molecular weight excluding hydrogens is 620 g/mol. The number of fused-ring (bicyclic) bond motifs is 3. The summed E-state index contributed by atoms with van der Waals surface area (Å²) in [7, 11) is -1.39. The van der Waals surface area contributed by atoms with Crippen LogP contribution in [-0.2, 0) is 24.6 Å². The van der Waals surface area contributed by atoms with Gasteiger partial charge in [0.15, 0.2) is 5.78 Å². The van der Waals surface area contributed by atoms with Crippen molar-refractivity contribution in [3.63, 3.8) is 0 Å². The van der Waals surface area contributed by atoms with E-state index in [9.17, 15) is 22.8 Å². The summed E-state index contributed by atoms with van der Waals surface area (Å²) in [6.07, 6.45) is 7.62. The van der Waals surface area contributed by atoms with Gasteiger partial charge in [-0.15, -0.1) is 0 Å². The molecule has 1 aromatic carbocycles. The fourth-order valence-electron chi connectivity index (χ4n) is 7.03. The van der Waals surface area contributed by atoms with Gasteiger partial charge in [0.2, 0.25) is 11.8 Å². The lowest BCUT2D eigenvalue weighted by Gasteiger charge is -2.27. The summed E-state index contributed by atoms with van der Waals surface area (Å²) in [6, 6.07) is 4.87. The van der Waals surface area contributed by atoms with Gasteiger partial charge in [0.25, 0.3) is 6.01 Å². The number of hydrogen-bond acceptors (Lipinski definition) is 8. The van der Waals surface area contributed by atoms with Gasteiger partial charge >= 0.3 is 10.2 Å². The third kappa shape index (κ3) is 7.12. The second-order valence-corrected chi connectivity index (χ2v) is 16.1. The molecule has 0 spiro atoms. The van der Waals surface area contributed by atoms with Gasteiger partial charge in [0.1, 0.15) is 6.10 Å². The molecule has 1 saturated carbocycles. The van der Waals surface area contributed by atoms with Crippen LogP contribution in [0.5, 0.6) is 6.01 Å². The van der Waals surface area contributed by atoms with Gasteiger partial charge in [-0.2, -0.15) is 17.7 Å². The molecule has 2 aromatic rings. The first-order valence-electron chi connectivity index (χ1n) is 16.8. The molecule has 2 fully saturated rings. The molecule has 2 amide bonds. The van der Waals surface area contributed by atoms with Crippen molar-refractivity contribution in [1.29, 1.82) is 0 Å². The highest BCUT2D eigenvalue weighted by Gasteiger charge is 2.61. The maximum absolute atomic E-state index is 14.2. The van der Waals surface area contributed by atoms with E-state index in [4.69, 9.17) is 15.5 Å². The number of carbonyl (C=O) groups excluding carboxylic acids is 3. The summed E-state index contributed by atoms with van der Waals surface area (Å²) in [5.41, 5.74) is 8.17. The molecule has 258 valence electrons. The fraction of sp³-hybridized carbons (Fsp3) is 0.647. The van der Waals surface area contributed by atoms with Crippen molar-refractivity contribution in [3.8, 4) is 6.01 Å². The molecule has 1 saturated heterocycles. The lowest BCUT2D eigenvalue weighted by molar-refractivity contribution is -0.140. The molecule has 2 aliphatic heterocycles. The number of nitrogens with one attached hydrogen (secondary N) is 1. The van der Waals surface area contributed by atoms with Crippen molar-refractivity contribution < 1.29 is 27.5 Å². The Morgan fingerprint density at radius 2 is 1.89 bits per heavy atom. The van der Waals surface area contributed by atoms with Crippen molar-refractivity contribution in [1.82, 2.24) is 23.5 Å². The summed E-state index contributed by atoms with van der Waals surface area (Å²) in [6.45, 7) is 8.56.